The fourth-order valence-corrected chi connectivity index (χ4v) is 1.17. The summed E-state index contributed by atoms with van der Waals surface area (Å²) in [5, 5.41) is 16.4. The Kier molecular flexibility index (Phi) is 14.5. The number of carboxylic acid groups (broad SMARTS) is 2. The van der Waals surface area contributed by atoms with Gasteiger partial charge < -0.3 is 27.4 Å². The van der Waals surface area contributed by atoms with Crippen LogP contribution in [0.4, 0.5) is 0 Å². The molecular weight excluding hydrogens is 266 g/mol. The maximum atomic E-state index is 10.4. The van der Waals surface area contributed by atoms with Gasteiger partial charge in [0.1, 0.15) is 6.04 Å². The number of nitrogens with two attached hydrogens (primary N) is 3. The van der Waals surface area contributed by atoms with Gasteiger partial charge in [-0.1, -0.05) is 6.42 Å². The average Bonchev–Trinajstić information content (AvgIpc) is 2.39. The number of Topliss-reactive ketones (excluding diaryl/α,β-unsaturated/α-hetero) is 1. The number of carbonyl (C=O) groups is 3. The molecule has 0 radical (unpaired) electrons. The standard InChI is InChI=1S/C6H14N2O2.C6H11NO3/c2*7-4-2-1-3-5(8)6(9)10/h5H,1-4,7-8H2,(H,9,10);1-4,7H2,(H,9,10). The Bertz CT molecular complexity index is 297. The van der Waals surface area contributed by atoms with Crippen molar-refractivity contribution in [2.24, 2.45) is 17.2 Å². The minimum atomic E-state index is -1.35. The molecule has 0 heterocycles. The Morgan fingerprint density at radius 2 is 1.40 bits per heavy atom. The van der Waals surface area contributed by atoms with E-state index in [1.807, 2.05) is 0 Å². The number of hydrogen-bond donors (Lipinski definition) is 5. The number of carboxylic acids is 2. The van der Waals surface area contributed by atoms with Gasteiger partial charge in [0.25, 0.3) is 0 Å². The van der Waals surface area contributed by atoms with E-state index in [0.29, 0.717) is 32.4 Å². The van der Waals surface area contributed by atoms with Crippen LogP contribution in [-0.4, -0.2) is 47.1 Å². The van der Waals surface area contributed by atoms with E-state index in [2.05, 4.69) is 0 Å². The van der Waals surface area contributed by atoms with Crippen LogP contribution in [0.25, 0.3) is 0 Å². The molecule has 0 aliphatic carbocycles. The lowest BCUT2D eigenvalue weighted by atomic mass is 10.1. The van der Waals surface area contributed by atoms with Crippen molar-refractivity contribution in [1.29, 1.82) is 0 Å². The molecule has 0 aromatic rings. The summed E-state index contributed by atoms with van der Waals surface area (Å²) in [6.07, 6.45) is 3.55. The first-order valence-electron chi connectivity index (χ1n) is 6.51. The van der Waals surface area contributed by atoms with E-state index < -0.39 is 23.8 Å². The predicted octanol–water partition coefficient (Wildman–Crippen LogP) is -0.704. The zero-order chi connectivity index (χ0) is 16.0. The van der Waals surface area contributed by atoms with Crippen molar-refractivity contribution in [3.63, 3.8) is 0 Å². The third-order valence-corrected chi connectivity index (χ3v) is 2.38. The lowest BCUT2D eigenvalue weighted by molar-refractivity contribution is -0.149. The number of rotatable bonds is 10. The smallest absolute Gasteiger partial charge is 0.372 e. The molecule has 118 valence electrons. The van der Waals surface area contributed by atoms with Crippen molar-refractivity contribution in [3.05, 3.63) is 0 Å². The highest BCUT2D eigenvalue weighted by Crippen LogP contribution is 1.97. The molecule has 0 amide bonds. The third kappa shape index (κ3) is 14.6. The van der Waals surface area contributed by atoms with Crippen LogP contribution in [0.5, 0.6) is 0 Å². The molecule has 1 unspecified atom stereocenters. The molecule has 0 aliphatic rings. The van der Waals surface area contributed by atoms with Crippen molar-refractivity contribution >= 4 is 17.7 Å². The summed E-state index contributed by atoms with van der Waals surface area (Å²) >= 11 is 0. The quantitative estimate of drug-likeness (QED) is 0.260. The summed E-state index contributed by atoms with van der Waals surface area (Å²) < 4.78 is 0. The van der Waals surface area contributed by atoms with Crippen molar-refractivity contribution in [3.8, 4) is 0 Å². The van der Waals surface area contributed by atoms with Crippen LogP contribution in [0.2, 0.25) is 0 Å². The summed E-state index contributed by atoms with van der Waals surface area (Å²) in [6, 6.07) is -0.716. The van der Waals surface area contributed by atoms with E-state index in [4.69, 9.17) is 27.4 Å². The second-order valence-electron chi connectivity index (χ2n) is 4.20. The Morgan fingerprint density at radius 1 is 0.900 bits per heavy atom. The van der Waals surface area contributed by atoms with Crippen LogP contribution in [0.1, 0.15) is 38.5 Å². The molecule has 0 bridgehead atoms. The summed E-state index contributed by atoms with van der Waals surface area (Å²) in [7, 11) is 0. The normalized spacial score (nSPS) is 11.2. The second-order valence-corrected chi connectivity index (χ2v) is 4.20. The molecular formula is C12H25N3O5. The van der Waals surface area contributed by atoms with Gasteiger partial charge in [0.2, 0.25) is 5.78 Å². The second kappa shape index (κ2) is 13.9. The van der Waals surface area contributed by atoms with Crippen LogP contribution in [0, 0.1) is 0 Å². The molecule has 0 aliphatic heterocycles. The molecule has 0 aromatic carbocycles. The van der Waals surface area contributed by atoms with Gasteiger partial charge in [-0.05, 0) is 38.8 Å². The Morgan fingerprint density at radius 3 is 1.80 bits per heavy atom. The molecule has 0 aromatic heterocycles. The van der Waals surface area contributed by atoms with Gasteiger partial charge in [-0.2, -0.15) is 0 Å². The first-order chi connectivity index (χ1) is 9.36. The summed E-state index contributed by atoms with van der Waals surface area (Å²) in [4.78, 5) is 30.4. The predicted molar refractivity (Wildman–Crippen MR) is 74.1 cm³/mol. The van der Waals surface area contributed by atoms with Crippen molar-refractivity contribution in [2.75, 3.05) is 13.1 Å². The van der Waals surface area contributed by atoms with E-state index in [1.165, 1.54) is 0 Å². The Balaban J connectivity index is 0. The van der Waals surface area contributed by atoms with E-state index in [1.54, 1.807) is 0 Å². The van der Waals surface area contributed by atoms with Crippen LogP contribution < -0.4 is 17.2 Å². The van der Waals surface area contributed by atoms with Gasteiger partial charge in [-0.25, -0.2) is 4.79 Å². The minimum absolute atomic E-state index is 0.104. The topological polar surface area (TPSA) is 170 Å². The van der Waals surface area contributed by atoms with Crippen LogP contribution >= 0.6 is 0 Å². The SMILES string of the molecule is NCCCCC(=O)C(=O)O.NCCCCC(N)C(=O)O. The fraction of sp³-hybridized carbons (Fsp3) is 0.750. The van der Waals surface area contributed by atoms with Gasteiger partial charge in [0.05, 0.1) is 0 Å². The zero-order valence-corrected chi connectivity index (χ0v) is 11.6. The lowest BCUT2D eigenvalue weighted by Crippen LogP contribution is -2.29. The molecule has 0 fully saturated rings. The highest BCUT2D eigenvalue weighted by Gasteiger charge is 2.09. The molecule has 8 heteroatoms. The molecule has 0 spiro atoms. The number of aliphatic carboxylic acids is 2. The minimum Gasteiger partial charge on any atom is -0.480 e. The monoisotopic (exact) mass is 291 g/mol. The molecule has 0 saturated heterocycles. The summed E-state index contributed by atoms with van der Waals surface area (Å²) in [5.41, 5.74) is 15.6. The highest BCUT2D eigenvalue weighted by molar-refractivity contribution is 6.32. The lowest BCUT2D eigenvalue weighted by Gasteiger charge is -2.03. The van der Waals surface area contributed by atoms with E-state index >= 15 is 0 Å². The molecule has 1 atom stereocenters. The molecule has 20 heavy (non-hydrogen) atoms. The molecule has 8 N–H and O–H groups in total. The number of ketones is 1. The molecule has 8 nitrogen and oxygen atoms in total. The van der Waals surface area contributed by atoms with E-state index in [9.17, 15) is 14.4 Å². The number of unbranched alkanes of at least 4 members (excludes halogenated alkanes) is 2. The summed E-state index contributed by atoms with van der Waals surface area (Å²) in [5.74, 6) is -3.01. The van der Waals surface area contributed by atoms with Crippen LogP contribution in [-0.2, 0) is 14.4 Å². The van der Waals surface area contributed by atoms with Crippen molar-refractivity contribution < 1.29 is 24.6 Å². The fourth-order valence-electron chi connectivity index (χ4n) is 1.17. The van der Waals surface area contributed by atoms with Crippen LogP contribution in [0.3, 0.4) is 0 Å². The first kappa shape index (κ1) is 20.8. The van der Waals surface area contributed by atoms with Crippen molar-refractivity contribution in [2.45, 2.75) is 44.6 Å². The molecule has 0 saturated carbocycles. The maximum absolute atomic E-state index is 10.4. The van der Waals surface area contributed by atoms with E-state index in [0.717, 1.165) is 12.8 Å². The largest absolute Gasteiger partial charge is 0.480 e. The van der Waals surface area contributed by atoms with E-state index in [-0.39, 0.29) is 6.42 Å². The number of carbonyl (C=O) groups excluding carboxylic acids is 1. The summed E-state index contributed by atoms with van der Waals surface area (Å²) in [6.45, 7) is 1.11. The van der Waals surface area contributed by atoms with Crippen molar-refractivity contribution in [1.82, 2.24) is 0 Å². The maximum Gasteiger partial charge on any atom is 0.372 e. The van der Waals surface area contributed by atoms with Gasteiger partial charge in [0.15, 0.2) is 0 Å². The Labute approximate surface area is 118 Å². The first-order valence-corrected chi connectivity index (χ1v) is 6.51. The van der Waals surface area contributed by atoms with Gasteiger partial charge in [-0.15, -0.1) is 0 Å². The Hall–Kier alpha value is -1.51. The zero-order valence-electron chi connectivity index (χ0n) is 11.6. The van der Waals surface area contributed by atoms with Gasteiger partial charge in [-0.3, -0.25) is 9.59 Å². The average molecular weight is 291 g/mol. The number of hydrogen-bond acceptors (Lipinski definition) is 6. The van der Waals surface area contributed by atoms with Gasteiger partial charge in [0, 0.05) is 6.42 Å². The third-order valence-electron chi connectivity index (χ3n) is 2.38. The molecule has 0 rings (SSSR count). The van der Waals surface area contributed by atoms with Gasteiger partial charge >= 0.3 is 11.9 Å². The highest BCUT2D eigenvalue weighted by atomic mass is 16.4. The van der Waals surface area contributed by atoms with Crippen LogP contribution in [0.15, 0.2) is 0 Å².